The lowest BCUT2D eigenvalue weighted by Gasteiger charge is -2.12. The molecule has 1 saturated heterocycles. The SMILES string of the molecule is COc1cc(OC)c(/C=C2\SC(=O)N(CC(=O)c3ccc(Cl)cc3)C2=O)cc1Br. The van der Waals surface area contributed by atoms with Gasteiger partial charge in [0.1, 0.15) is 11.5 Å². The molecule has 150 valence electrons. The molecule has 0 radical (unpaired) electrons. The molecule has 0 N–H and O–H groups in total. The predicted molar refractivity (Wildman–Crippen MR) is 116 cm³/mol. The Hall–Kier alpha value is -2.29. The number of rotatable bonds is 6. The Morgan fingerprint density at radius 1 is 1.14 bits per heavy atom. The largest absolute Gasteiger partial charge is 0.496 e. The summed E-state index contributed by atoms with van der Waals surface area (Å²) in [6, 6.07) is 9.67. The van der Waals surface area contributed by atoms with E-state index < -0.39 is 11.1 Å². The van der Waals surface area contributed by atoms with Gasteiger partial charge < -0.3 is 9.47 Å². The fourth-order valence-corrected chi connectivity index (χ4v) is 4.12. The summed E-state index contributed by atoms with van der Waals surface area (Å²) in [4.78, 5) is 38.6. The molecule has 0 spiro atoms. The van der Waals surface area contributed by atoms with Crippen LogP contribution in [0.3, 0.4) is 0 Å². The minimum Gasteiger partial charge on any atom is -0.496 e. The van der Waals surface area contributed by atoms with E-state index >= 15 is 0 Å². The van der Waals surface area contributed by atoms with Gasteiger partial charge in [-0.3, -0.25) is 19.3 Å². The lowest BCUT2D eigenvalue weighted by Crippen LogP contribution is -2.33. The molecule has 1 heterocycles. The molecule has 0 atom stereocenters. The van der Waals surface area contributed by atoms with Crippen molar-refractivity contribution in [2.45, 2.75) is 0 Å². The maximum absolute atomic E-state index is 12.7. The summed E-state index contributed by atoms with van der Waals surface area (Å²) in [6.45, 7) is -0.340. The highest BCUT2D eigenvalue weighted by atomic mass is 79.9. The number of ether oxygens (including phenoxy) is 2. The highest BCUT2D eigenvalue weighted by Gasteiger charge is 2.36. The average Bonchev–Trinajstić information content (AvgIpc) is 2.96. The van der Waals surface area contributed by atoms with Crippen LogP contribution in [-0.2, 0) is 4.79 Å². The van der Waals surface area contributed by atoms with Crippen molar-refractivity contribution in [2.75, 3.05) is 20.8 Å². The number of methoxy groups -OCH3 is 2. The van der Waals surface area contributed by atoms with Crippen LogP contribution >= 0.6 is 39.3 Å². The molecule has 2 aromatic rings. The zero-order chi connectivity index (χ0) is 21.1. The molecule has 3 rings (SSSR count). The second-order valence-electron chi connectivity index (χ2n) is 5.93. The summed E-state index contributed by atoms with van der Waals surface area (Å²) in [7, 11) is 3.03. The van der Waals surface area contributed by atoms with Crippen LogP contribution in [0.25, 0.3) is 6.08 Å². The number of Topliss-reactive ketones (excluding diaryl/α,β-unsaturated/α-hetero) is 1. The predicted octanol–water partition coefficient (Wildman–Crippen LogP) is 5.04. The monoisotopic (exact) mass is 495 g/mol. The highest BCUT2D eigenvalue weighted by Crippen LogP contribution is 2.37. The number of carbonyl (C=O) groups is 3. The van der Waals surface area contributed by atoms with Gasteiger partial charge in [-0.05, 0) is 64.1 Å². The van der Waals surface area contributed by atoms with Crippen molar-refractivity contribution in [3.05, 3.63) is 61.9 Å². The minimum atomic E-state index is -0.531. The Bertz CT molecular complexity index is 1020. The number of halogens is 2. The fourth-order valence-electron chi connectivity index (χ4n) is 2.64. The summed E-state index contributed by atoms with van der Waals surface area (Å²) in [5.41, 5.74) is 0.966. The third kappa shape index (κ3) is 4.66. The third-order valence-corrected chi connectivity index (χ3v) is 5.91. The maximum atomic E-state index is 12.7. The van der Waals surface area contributed by atoms with E-state index in [0.717, 1.165) is 16.7 Å². The first kappa shape index (κ1) is 21.4. The standard InChI is InChI=1S/C20H15BrClNO5S/c1-27-16-9-17(28-2)14(21)7-12(16)8-18-19(25)23(20(26)29-18)10-15(24)11-3-5-13(22)6-4-11/h3-9H,10H2,1-2H3/b18-8-. The Kier molecular flexibility index (Phi) is 6.66. The lowest BCUT2D eigenvalue weighted by atomic mass is 10.1. The molecule has 0 saturated carbocycles. The second kappa shape index (κ2) is 9.02. The molecule has 1 fully saturated rings. The van der Waals surface area contributed by atoms with Crippen LogP contribution in [0.2, 0.25) is 5.02 Å². The van der Waals surface area contributed by atoms with Gasteiger partial charge in [-0.25, -0.2) is 0 Å². The van der Waals surface area contributed by atoms with Gasteiger partial charge in [0.15, 0.2) is 5.78 Å². The van der Waals surface area contributed by atoms with E-state index in [4.69, 9.17) is 21.1 Å². The molecular weight excluding hydrogens is 482 g/mol. The van der Waals surface area contributed by atoms with E-state index in [1.807, 2.05) is 0 Å². The van der Waals surface area contributed by atoms with Crippen LogP contribution in [0.4, 0.5) is 4.79 Å². The summed E-state index contributed by atoms with van der Waals surface area (Å²) < 4.78 is 11.2. The molecule has 29 heavy (non-hydrogen) atoms. The summed E-state index contributed by atoms with van der Waals surface area (Å²) >= 11 is 9.99. The number of carbonyl (C=O) groups excluding carboxylic acids is 3. The van der Waals surface area contributed by atoms with E-state index in [2.05, 4.69) is 15.9 Å². The summed E-state index contributed by atoms with van der Waals surface area (Å²) in [5, 5.41) is -0.00893. The zero-order valence-electron chi connectivity index (χ0n) is 15.4. The van der Waals surface area contributed by atoms with Gasteiger partial charge in [0.25, 0.3) is 11.1 Å². The van der Waals surface area contributed by atoms with Gasteiger partial charge in [-0.1, -0.05) is 11.6 Å². The van der Waals surface area contributed by atoms with Crippen molar-refractivity contribution in [3.63, 3.8) is 0 Å². The fraction of sp³-hybridized carbons (Fsp3) is 0.150. The number of hydrogen-bond acceptors (Lipinski definition) is 6. The smallest absolute Gasteiger partial charge is 0.293 e. The van der Waals surface area contributed by atoms with Gasteiger partial charge in [-0.15, -0.1) is 0 Å². The first-order valence-corrected chi connectivity index (χ1v) is 10.3. The number of imide groups is 1. The summed E-state index contributed by atoms with van der Waals surface area (Å²) in [6.07, 6.45) is 1.56. The van der Waals surface area contributed by atoms with Crippen molar-refractivity contribution < 1.29 is 23.9 Å². The molecular formula is C20H15BrClNO5S. The quantitative estimate of drug-likeness (QED) is 0.412. The molecule has 9 heteroatoms. The average molecular weight is 497 g/mol. The number of nitrogens with zero attached hydrogens (tertiary/aromatic N) is 1. The van der Waals surface area contributed by atoms with Crippen LogP contribution in [0.1, 0.15) is 15.9 Å². The Balaban J connectivity index is 1.84. The highest BCUT2D eigenvalue weighted by molar-refractivity contribution is 9.10. The van der Waals surface area contributed by atoms with Crippen LogP contribution in [0.15, 0.2) is 45.8 Å². The first-order valence-electron chi connectivity index (χ1n) is 8.29. The Morgan fingerprint density at radius 3 is 2.41 bits per heavy atom. The van der Waals surface area contributed by atoms with Gasteiger partial charge >= 0.3 is 0 Å². The maximum Gasteiger partial charge on any atom is 0.293 e. The second-order valence-corrected chi connectivity index (χ2v) is 8.21. The topological polar surface area (TPSA) is 72.9 Å². The van der Waals surface area contributed by atoms with E-state index in [9.17, 15) is 14.4 Å². The molecule has 0 unspecified atom stereocenters. The molecule has 2 aromatic carbocycles. The summed E-state index contributed by atoms with van der Waals surface area (Å²) in [5.74, 6) is 0.168. The molecule has 2 amide bonds. The third-order valence-electron chi connectivity index (χ3n) is 4.13. The molecule has 1 aliphatic heterocycles. The molecule has 0 aliphatic carbocycles. The van der Waals surface area contributed by atoms with Gasteiger partial charge in [0, 0.05) is 22.2 Å². The van der Waals surface area contributed by atoms with E-state index in [1.54, 1.807) is 42.5 Å². The number of ketones is 1. The van der Waals surface area contributed by atoms with Crippen LogP contribution in [0, 0.1) is 0 Å². The number of thioether (sulfide) groups is 1. The van der Waals surface area contributed by atoms with E-state index in [-0.39, 0.29) is 17.2 Å². The lowest BCUT2D eigenvalue weighted by molar-refractivity contribution is -0.122. The molecule has 6 nitrogen and oxygen atoms in total. The van der Waals surface area contributed by atoms with Gasteiger partial charge in [-0.2, -0.15) is 0 Å². The molecule has 1 aliphatic rings. The van der Waals surface area contributed by atoms with E-state index in [1.165, 1.54) is 14.2 Å². The number of amides is 2. The Morgan fingerprint density at radius 2 is 1.79 bits per heavy atom. The molecule has 0 aromatic heterocycles. The normalized spacial score (nSPS) is 15.2. The minimum absolute atomic E-state index is 0.203. The van der Waals surface area contributed by atoms with Crippen LogP contribution < -0.4 is 9.47 Å². The van der Waals surface area contributed by atoms with Crippen LogP contribution in [-0.4, -0.2) is 42.6 Å². The van der Waals surface area contributed by atoms with E-state index in [0.29, 0.717) is 32.1 Å². The molecule has 0 bridgehead atoms. The zero-order valence-corrected chi connectivity index (χ0v) is 18.6. The van der Waals surface area contributed by atoms with Crippen molar-refractivity contribution in [2.24, 2.45) is 0 Å². The Labute approximate surface area is 184 Å². The van der Waals surface area contributed by atoms with Crippen molar-refractivity contribution >= 4 is 62.3 Å². The number of hydrogen-bond donors (Lipinski definition) is 0. The van der Waals surface area contributed by atoms with Crippen LogP contribution in [0.5, 0.6) is 11.5 Å². The van der Waals surface area contributed by atoms with Crippen molar-refractivity contribution in [3.8, 4) is 11.5 Å². The van der Waals surface area contributed by atoms with Crippen molar-refractivity contribution in [1.29, 1.82) is 0 Å². The van der Waals surface area contributed by atoms with Gasteiger partial charge in [0.05, 0.1) is 30.1 Å². The number of benzene rings is 2. The van der Waals surface area contributed by atoms with Gasteiger partial charge in [0.2, 0.25) is 0 Å². The van der Waals surface area contributed by atoms with Crippen molar-refractivity contribution in [1.82, 2.24) is 4.90 Å². The first-order chi connectivity index (χ1) is 13.8.